The highest BCUT2D eigenvalue weighted by Crippen LogP contribution is 1.70. The summed E-state index contributed by atoms with van der Waals surface area (Å²) in [6, 6.07) is 0. The minimum Gasteiger partial charge on any atom is -0.377 e. The van der Waals surface area contributed by atoms with Crippen LogP contribution in [0.1, 0.15) is 13.3 Å². The first-order chi connectivity index (χ1) is 3.31. The van der Waals surface area contributed by atoms with Crippen molar-refractivity contribution in [3.05, 3.63) is 0 Å². The van der Waals surface area contributed by atoms with E-state index in [0.29, 0.717) is 6.42 Å². The predicted octanol–water partition coefficient (Wildman–Crippen LogP) is -0.538. The Kier molecular flexibility index (Phi) is 3.32. The summed E-state index contributed by atoms with van der Waals surface area (Å²) in [6.07, 6.45) is 0.431. The topological polar surface area (TPSA) is 49.3 Å². The standard InChI is InChI=1S/C4H9NO2/c1-2-4(7)5-3-6/h6H,2-3H2,1H3,(H,5,7). The molecule has 42 valence electrons. The third-order valence-corrected chi connectivity index (χ3v) is 0.597. The average molecular weight is 103 g/mol. The Hall–Kier alpha value is -0.570. The molecule has 1 amide bonds. The van der Waals surface area contributed by atoms with Crippen LogP contribution in [0.4, 0.5) is 0 Å². The van der Waals surface area contributed by atoms with E-state index in [9.17, 15) is 4.79 Å². The number of aliphatic hydroxyl groups excluding tert-OH is 1. The lowest BCUT2D eigenvalue weighted by Crippen LogP contribution is -2.22. The van der Waals surface area contributed by atoms with Crippen LogP contribution < -0.4 is 5.32 Å². The SMILES string of the molecule is CCC(=O)NCO. The summed E-state index contributed by atoms with van der Waals surface area (Å²) in [5.74, 6) is -0.123. The molecule has 0 aliphatic carbocycles. The highest BCUT2D eigenvalue weighted by atomic mass is 16.3. The van der Waals surface area contributed by atoms with Crippen molar-refractivity contribution >= 4 is 5.91 Å². The Bertz CT molecular complexity index is 62.7. The zero-order chi connectivity index (χ0) is 5.70. The summed E-state index contributed by atoms with van der Waals surface area (Å²) in [5, 5.41) is 10.2. The first-order valence-corrected chi connectivity index (χ1v) is 2.18. The molecule has 0 rings (SSSR count). The van der Waals surface area contributed by atoms with Crippen LogP contribution in [0.25, 0.3) is 0 Å². The van der Waals surface area contributed by atoms with Crippen LogP contribution in [0, 0.1) is 0 Å². The predicted molar refractivity (Wildman–Crippen MR) is 25.5 cm³/mol. The van der Waals surface area contributed by atoms with E-state index in [-0.39, 0.29) is 12.6 Å². The van der Waals surface area contributed by atoms with Gasteiger partial charge < -0.3 is 10.4 Å². The van der Waals surface area contributed by atoms with Crippen molar-refractivity contribution in [3.63, 3.8) is 0 Å². The zero-order valence-electron chi connectivity index (χ0n) is 4.27. The normalized spacial score (nSPS) is 8.29. The van der Waals surface area contributed by atoms with Gasteiger partial charge in [0.1, 0.15) is 6.73 Å². The Labute approximate surface area is 42.3 Å². The molecule has 0 aromatic rings. The number of amides is 1. The maximum atomic E-state index is 10.1. The zero-order valence-corrected chi connectivity index (χ0v) is 4.27. The van der Waals surface area contributed by atoms with Gasteiger partial charge in [-0.3, -0.25) is 4.79 Å². The lowest BCUT2D eigenvalue weighted by atomic mass is 10.5. The molecule has 0 aromatic heterocycles. The van der Waals surface area contributed by atoms with Gasteiger partial charge in [0.2, 0.25) is 5.91 Å². The maximum Gasteiger partial charge on any atom is 0.221 e. The summed E-state index contributed by atoms with van der Waals surface area (Å²) >= 11 is 0. The van der Waals surface area contributed by atoms with E-state index in [1.165, 1.54) is 0 Å². The van der Waals surface area contributed by atoms with Gasteiger partial charge in [0.15, 0.2) is 0 Å². The van der Waals surface area contributed by atoms with Gasteiger partial charge in [-0.2, -0.15) is 0 Å². The van der Waals surface area contributed by atoms with Crippen molar-refractivity contribution < 1.29 is 9.90 Å². The molecule has 3 heteroatoms. The maximum absolute atomic E-state index is 10.1. The molecule has 0 saturated carbocycles. The Balaban J connectivity index is 3.00. The molecule has 2 N–H and O–H groups in total. The second-order valence-electron chi connectivity index (χ2n) is 1.11. The van der Waals surface area contributed by atoms with Crippen molar-refractivity contribution in [1.82, 2.24) is 5.32 Å². The number of carbonyl (C=O) groups excluding carboxylic acids is 1. The van der Waals surface area contributed by atoms with Gasteiger partial charge >= 0.3 is 0 Å². The molecule has 7 heavy (non-hydrogen) atoms. The van der Waals surface area contributed by atoms with Crippen molar-refractivity contribution in [2.24, 2.45) is 0 Å². The van der Waals surface area contributed by atoms with Crippen molar-refractivity contribution in [3.8, 4) is 0 Å². The van der Waals surface area contributed by atoms with E-state index < -0.39 is 0 Å². The van der Waals surface area contributed by atoms with Gasteiger partial charge in [-0.15, -0.1) is 0 Å². The minimum atomic E-state index is -0.257. The fourth-order valence-corrected chi connectivity index (χ4v) is 0.213. The largest absolute Gasteiger partial charge is 0.377 e. The van der Waals surface area contributed by atoms with Crippen LogP contribution in [-0.4, -0.2) is 17.7 Å². The van der Waals surface area contributed by atoms with E-state index >= 15 is 0 Å². The second-order valence-corrected chi connectivity index (χ2v) is 1.11. The molecule has 3 nitrogen and oxygen atoms in total. The molecule has 0 spiro atoms. The van der Waals surface area contributed by atoms with Crippen LogP contribution in [0.15, 0.2) is 0 Å². The number of aliphatic hydroxyl groups is 1. The molecule has 0 atom stereocenters. The third kappa shape index (κ3) is 3.26. The molecule has 0 aliphatic heterocycles. The second kappa shape index (κ2) is 3.61. The minimum absolute atomic E-state index is 0.123. The number of nitrogens with one attached hydrogen (secondary N) is 1. The molecular formula is C4H9NO2. The summed E-state index contributed by atoms with van der Waals surface area (Å²) in [6.45, 7) is 1.47. The fraction of sp³-hybridized carbons (Fsp3) is 0.750. The lowest BCUT2D eigenvalue weighted by Gasteiger charge is -1.93. The van der Waals surface area contributed by atoms with Gasteiger partial charge in [0, 0.05) is 6.42 Å². The highest BCUT2D eigenvalue weighted by Gasteiger charge is 1.89. The van der Waals surface area contributed by atoms with Crippen LogP contribution >= 0.6 is 0 Å². The quantitative estimate of drug-likeness (QED) is 0.461. The molecular weight excluding hydrogens is 94.0 g/mol. The number of rotatable bonds is 2. The Morgan fingerprint density at radius 1 is 1.86 bits per heavy atom. The van der Waals surface area contributed by atoms with E-state index in [4.69, 9.17) is 5.11 Å². The number of carbonyl (C=O) groups is 1. The van der Waals surface area contributed by atoms with E-state index in [0.717, 1.165) is 0 Å². The van der Waals surface area contributed by atoms with Crippen molar-refractivity contribution in [2.75, 3.05) is 6.73 Å². The molecule has 0 bridgehead atoms. The van der Waals surface area contributed by atoms with Gasteiger partial charge in [-0.05, 0) is 0 Å². The van der Waals surface area contributed by atoms with Crippen molar-refractivity contribution in [2.45, 2.75) is 13.3 Å². The molecule has 0 saturated heterocycles. The smallest absolute Gasteiger partial charge is 0.221 e. The van der Waals surface area contributed by atoms with Crippen LogP contribution in [0.5, 0.6) is 0 Å². The first-order valence-electron chi connectivity index (χ1n) is 2.18. The van der Waals surface area contributed by atoms with E-state index in [1.54, 1.807) is 6.92 Å². The average Bonchev–Trinajstić information content (AvgIpc) is 1.68. The summed E-state index contributed by atoms with van der Waals surface area (Å²) in [5.41, 5.74) is 0. The van der Waals surface area contributed by atoms with Gasteiger partial charge in [0.05, 0.1) is 0 Å². The monoisotopic (exact) mass is 103 g/mol. The Morgan fingerprint density at radius 3 is 2.57 bits per heavy atom. The fourth-order valence-electron chi connectivity index (χ4n) is 0.213. The Morgan fingerprint density at radius 2 is 2.43 bits per heavy atom. The highest BCUT2D eigenvalue weighted by molar-refractivity contribution is 5.75. The molecule has 0 heterocycles. The molecule has 0 radical (unpaired) electrons. The number of hydrogen-bond acceptors (Lipinski definition) is 2. The first kappa shape index (κ1) is 6.43. The molecule has 0 fully saturated rings. The van der Waals surface area contributed by atoms with Crippen LogP contribution in [-0.2, 0) is 4.79 Å². The van der Waals surface area contributed by atoms with Crippen LogP contribution in [0.2, 0.25) is 0 Å². The van der Waals surface area contributed by atoms with Gasteiger partial charge in [-0.25, -0.2) is 0 Å². The summed E-state index contributed by atoms with van der Waals surface area (Å²) < 4.78 is 0. The number of hydrogen-bond donors (Lipinski definition) is 2. The van der Waals surface area contributed by atoms with E-state index in [1.807, 2.05) is 0 Å². The summed E-state index contributed by atoms with van der Waals surface area (Å²) in [4.78, 5) is 10.1. The van der Waals surface area contributed by atoms with Crippen molar-refractivity contribution in [1.29, 1.82) is 0 Å². The molecule has 0 aromatic carbocycles. The van der Waals surface area contributed by atoms with E-state index in [2.05, 4.69) is 5.32 Å². The third-order valence-electron chi connectivity index (χ3n) is 0.597. The van der Waals surface area contributed by atoms with Gasteiger partial charge in [-0.1, -0.05) is 6.92 Å². The molecule has 0 unspecified atom stereocenters. The summed E-state index contributed by atoms with van der Waals surface area (Å²) in [7, 11) is 0. The van der Waals surface area contributed by atoms with Gasteiger partial charge in [0.25, 0.3) is 0 Å². The molecule has 0 aliphatic rings. The lowest BCUT2D eigenvalue weighted by molar-refractivity contribution is -0.121. The van der Waals surface area contributed by atoms with Crippen LogP contribution in [0.3, 0.4) is 0 Å².